The van der Waals surface area contributed by atoms with Crippen LogP contribution in [0, 0.1) is 10.1 Å². The van der Waals surface area contributed by atoms with Gasteiger partial charge in [-0.15, -0.1) is 0 Å². The third kappa shape index (κ3) is 2.95. The molecule has 7 heteroatoms. The maximum atomic E-state index is 11.9. The number of ether oxygens (including phenoxy) is 1. The van der Waals surface area contributed by atoms with Gasteiger partial charge in [-0.1, -0.05) is 6.07 Å². The molecule has 1 aromatic heterocycles. The first-order valence-corrected chi connectivity index (χ1v) is 5.51. The van der Waals surface area contributed by atoms with Crippen LogP contribution in [0.4, 0.5) is 5.69 Å². The molecule has 0 spiro atoms. The monoisotopic (exact) mass is 261 g/mol. The highest BCUT2D eigenvalue weighted by Gasteiger charge is 2.17. The van der Waals surface area contributed by atoms with Gasteiger partial charge in [-0.2, -0.15) is 0 Å². The third-order valence-electron chi connectivity index (χ3n) is 2.56. The van der Waals surface area contributed by atoms with Crippen molar-refractivity contribution in [2.75, 3.05) is 0 Å². The average molecular weight is 261 g/mol. The van der Waals surface area contributed by atoms with Gasteiger partial charge in [0.05, 0.1) is 17.3 Å². The Bertz CT molecular complexity index is 595. The van der Waals surface area contributed by atoms with E-state index in [1.807, 2.05) is 0 Å². The number of hydrogen-bond donors (Lipinski definition) is 0. The second kappa shape index (κ2) is 5.30. The fourth-order valence-electron chi connectivity index (χ4n) is 1.48. The second-order valence-corrected chi connectivity index (χ2v) is 3.86. The number of nitrogens with zero attached hydrogens (tertiary/aromatic N) is 3. The van der Waals surface area contributed by atoms with E-state index in [1.165, 1.54) is 30.6 Å². The quantitative estimate of drug-likeness (QED) is 0.363. The van der Waals surface area contributed by atoms with E-state index >= 15 is 0 Å². The summed E-state index contributed by atoms with van der Waals surface area (Å²) in [7, 11) is 0. The van der Waals surface area contributed by atoms with Crippen molar-refractivity contribution in [1.29, 1.82) is 0 Å². The maximum Gasteiger partial charge on any atom is 0.334 e. The lowest BCUT2D eigenvalue weighted by Crippen LogP contribution is -2.20. The molecule has 0 radical (unpaired) electrons. The highest BCUT2D eigenvalue weighted by atomic mass is 16.6. The highest BCUT2D eigenvalue weighted by molar-refractivity contribution is 5.76. The van der Waals surface area contributed by atoms with E-state index in [0.717, 1.165) is 0 Å². The topological polar surface area (TPSA) is 87.3 Å². The summed E-state index contributed by atoms with van der Waals surface area (Å²) in [6, 6.07) is 4.94. The molecule has 7 nitrogen and oxygen atoms in total. The van der Waals surface area contributed by atoms with Crippen LogP contribution in [0.3, 0.4) is 0 Å². The zero-order valence-electron chi connectivity index (χ0n) is 10.1. The molecule has 2 rings (SSSR count). The molecule has 2 aromatic rings. The number of non-ortho nitro benzene ring substituents is 1. The van der Waals surface area contributed by atoms with Gasteiger partial charge >= 0.3 is 5.97 Å². The number of carbonyl (C=O) groups is 1. The van der Waals surface area contributed by atoms with E-state index in [4.69, 9.17) is 4.74 Å². The minimum Gasteiger partial charge on any atom is -0.425 e. The molecule has 0 aliphatic heterocycles. The molecule has 0 aliphatic carbocycles. The number of carbonyl (C=O) groups excluding carboxylic acids is 1. The molecule has 1 atom stereocenters. The van der Waals surface area contributed by atoms with Crippen LogP contribution >= 0.6 is 0 Å². The molecular formula is C12H11N3O4. The summed E-state index contributed by atoms with van der Waals surface area (Å²) in [4.78, 5) is 25.8. The molecule has 0 aliphatic rings. The molecule has 0 saturated carbocycles. The minimum absolute atomic E-state index is 0.124. The van der Waals surface area contributed by atoms with Gasteiger partial charge in [0.2, 0.25) is 0 Å². The van der Waals surface area contributed by atoms with Gasteiger partial charge < -0.3 is 9.30 Å². The van der Waals surface area contributed by atoms with Gasteiger partial charge in [0, 0.05) is 18.5 Å². The number of esters is 1. The van der Waals surface area contributed by atoms with Gasteiger partial charge in [-0.05, 0) is 13.0 Å². The predicted octanol–water partition coefficient (Wildman–Crippen LogP) is 1.96. The molecular weight excluding hydrogens is 250 g/mol. The van der Waals surface area contributed by atoms with Crippen molar-refractivity contribution in [1.82, 2.24) is 9.55 Å². The molecule has 0 saturated heterocycles. The van der Waals surface area contributed by atoms with Crippen molar-refractivity contribution < 1.29 is 14.5 Å². The molecule has 0 fully saturated rings. The predicted molar refractivity (Wildman–Crippen MR) is 65.7 cm³/mol. The Morgan fingerprint density at radius 2 is 2.32 bits per heavy atom. The number of aromatic nitrogens is 2. The van der Waals surface area contributed by atoms with E-state index in [0.29, 0.717) is 0 Å². The first kappa shape index (κ1) is 12.7. The summed E-state index contributed by atoms with van der Waals surface area (Å²) in [6.45, 7) is 1.65. The fourth-order valence-corrected chi connectivity index (χ4v) is 1.48. The Kier molecular flexibility index (Phi) is 3.56. The highest BCUT2D eigenvalue weighted by Crippen LogP contribution is 2.20. The number of nitro benzene ring substituents is 1. The largest absolute Gasteiger partial charge is 0.425 e. The van der Waals surface area contributed by atoms with Crippen molar-refractivity contribution in [2.45, 2.75) is 13.0 Å². The lowest BCUT2D eigenvalue weighted by atomic mass is 10.3. The summed E-state index contributed by atoms with van der Waals surface area (Å²) in [5.41, 5.74) is -0.124. The van der Waals surface area contributed by atoms with E-state index < -0.39 is 16.9 Å². The molecule has 1 aromatic carbocycles. The van der Waals surface area contributed by atoms with Crippen molar-refractivity contribution in [3.8, 4) is 5.75 Å². The Morgan fingerprint density at radius 3 is 2.95 bits per heavy atom. The van der Waals surface area contributed by atoms with Crippen LogP contribution in [-0.2, 0) is 4.79 Å². The standard InChI is InChI=1S/C12H11N3O4/c1-9(14-6-5-13-8-14)12(16)19-11-4-2-3-10(7-11)15(17)18/h2-9H,1H3. The zero-order valence-corrected chi connectivity index (χ0v) is 10.1. The van der Waals surface area contributed by atoms with Crippen LogP contribution in [0.2, 0.25) is 0 Å². The SMILES string of the molecule is CC(C(=O)Oc1cccc([N+](=O)[O-])c1)n1ccnc1. The van der Waals surface area contributed by atoms with Crippen LogP contribution in [0.5, 0.6) is 5.75 Å². The van der Waals surface area contributed by atoms with Crippen LogP contribution < -0.4 is 4.74 Å². The molecule has 0 N–H and O–H groups in total. The van der Waals surface area contributed by atoms with E-state index in [1.54, 1.807) is 23.9 Å². The van der Waals surface area contributed by atoms with Crippen LogP contribution in [0.25, 0.3) is 0 Å². The molecule has 19 heavy (non-hydrogen) atoms. The summed E-state index contributed by atoms with van der Waals surface area (Å²) < 4.78 is 6.68. The lowest BCUT2D eigenvalue weighted by Gasteiger charge is -2.11. The van der Waals surface area contributed by atoms with E-state index in [9.17, 15) is 14.9 Å². The third-order valence-corrected chi connectivity index (χ3v) is 2.56. The minimum atomic E-state index is -0.554. The number of benzene rings is 1. The van der Waals surface area contributed by atoms with E-state index in [2.05, 4.69) is 4.98 Å². The normalized spacial score (nSPS) is 11.8. The van der Waals surface area contributed by atoms with Crippen molar-refractivity contribution in [2.24, 2.45) is 0 Å². The van der Waals surface area contributed by atoms with Crippen LogP contribution in [0.1, 0.15) is 13.0 Å². The Hall–Kier alpha value is -2.70. The molecule has 1 unspecified atom stereocenters. The molecule has 0 bridgehead atoms. The van der Waals surface area contributed by atoms with Gasteiger partial charge in [-0.3, -0.25) is 10.1 Å². The Labute approximate surface area is 108 Å². The second-order valence-electron chi connectivity index (χ2n) is 3.86. The fraction of sp³-hybridized carbons (Fsp3) is 0.167. The number of rotatable bonds is 4. The van der Waals surface area contributed by atoms with Gasteiger partial charge in [0.1, 0.15) is 11.8 Å². The maximum absolute atomic E-state index is 11.9. The number of hydrogen-bond acceptors (Lipinski definition) is 5. The zero-order chi connectivity index (χ0) is 13.8. The Morgan fingerprint density at radius 1 is 1.53 bits per heavy atom. The number of imidazole rings is 1. The first-order chi connectivity index (χ1) is 9.08. The average Bonchev–Trinajstić information content (AvgIpc) is 2.92. The van der Waals surface area contributed by atoms with Crippen LogP contribution in [-0.4, -0.2) is 20.4 Å². The van der Waals surface area contributed by atoms with Gasteiger partial charge in [0.15, 0.2) is 0 Å². The summed E-state index contributed by atoms with van der Waals surface area (Å²) >= 11 is 0. The summed E-state index contributed by atoms with van der Waals surface area (Å²) in [5, 5.41) is 10.6. The van der Waals surface area contributed by atoms with Crippen molar-refractivity contribution in [3.63, 3.8) is 0 Å². The molecule has 1 heterocycles. The first-order valence-electron chi connectivity index (χ1n) is 5.51. The summed E-state index contributed by atoms with van der Waals surface area (Å²) in [5.74, 6) is -0.371. The Balaban J connectivity index is 2.11. The summed E-state index contributed by atoms with van der Waals surface area (Å²) in [6.07, 6.45) is 4.69. The lowest BCUT2D eigenvalue weighted by molar-refractivity contribution is -0.384. The molecule has 98 valence electrons. The number of nitro groups is 1. The van der Waals surface area contributed by atoms with Crippen LogP contribution in [0.15, 0.2) is 43.0 Å². The van der Waals surface area contributed by atoms with Crippen molar-refractivity contribution >= 4 is 11.7 Å². The van der Waals surface area contributed by atoms with E-state index in [-0.39, 0.29) is 11.4 Å². The van der Waals surface area contributed by atoms with Gasteiger partial charge in [0.25, 0.3) is 5.69 Å². The smallest absolute Gasteiger partial charge is 0.334 e. The van der Waals surface area contributed by atoms with Gasteiger partial charge in [-0.25, -0.2) is 9.78 Å². The molecule has 0 amide bonds. The van der Waals surface area contributed by atoms with Crippen molar-refractivity contribution in [3.05, 3.63) is 53.1 Å².